The van der Waals surface area contributed by atoms with Crippen LogP contribution in [-0.2, 0) is 0 Å². The zero-order valence-corrected chi connectivity index (χ0v) is 11.0. The van der Waals surface area contributed by atoms with Crippen molar-refractivity contribution >= 4 is 11.5 Å². The Balaban J connectivity index is 1.78. The normalized spacial score (nSPS) is 19.5. The van der Waals surface area contributed by atoms with E-state index in [1.807, 2.05) is 24.3 Å². The maximum absolute atomic E-state index is 11.3. The van der Waals surface area contributed by atoms with E-state index in [9.17, 15) is 4.79 Å². The van der Waals surface area contributed by atoms with Crippen molar-refractivity contribution in [2.24, 2.45) is 5.92 Å². The summed E-state index contributed by atoms with van der Waals surface area (Å²) < 4.78 is 0. The van der Waals surface area contributed by atoms with Crippen LogP contribution in [0.5, 0.6) is 0 Å². The molecule has 3 heteroatoms. The topological polar surface area (TPSA) is 41.1 Å². The lowest BCUT2D eigenvalue weighted by Gasteiger charge is -2.22. The first kappa shape index (κ1) is 13.1. The van der Waals surface area contributed by atoms with Crippen molar-refractivity contribution in [3.05, 3.63) is 29.8 Å². The molecule has 1 aliphatic rings. The summed E-state index contributed by atoms with van der Waals surface area (Å²) in [6, 6.07) is 7.74. The zero-order chi connectivity index (χ0) is 12.8. The molecular formula is C15H22N2O. The molecule has 98 valence electrons. The Labute approximate surface area is 109 Å². The van der Waals surface area contributed by atoms with E-state index in [4.69, 9.17) is 0 Å². The van der Waals surface area contributed by atoms with E-state index in [2.05, 4.69) is 10.6 Å². The molecule has 2 N–H and O–H groups in total. The fourth-order valence-corrected chi connectivity index (χ4v) is 2.44. The third-order valence-corrected chi connectivity index (χ3v) is 3.55. The van der Waals surface area contributed by atoms with Gasteiger partial charge in [-0.05, 0) is 57.3 Å². The Morgan fingerprint density at radius 2 is 2.39 bits per heavy atom. The summed E-state index contributed by atoms with van der Waals surface area (Å²) in [5, 5.41) is 6.84. The molecule has 1 heterocycles. The van der Waals surface area contributed by atoms with Gasteiger partial charge in [0.15, 0.2) is 5.78 Å². The van der Waals surface area contributed by atoms with Crippen LogP contribution in [0.2, 0.25) is 0 Å². The maximum atomic E-state index is 11.3. The van der Waals surface area contributed by atoms with Crippen LogP contribution in [0.25, 0.3) is 0 Å². The third kappa shape index (κ3) is 3.84. The lowest BCUT2D eigenvalue weighted by molar-refractivity contribution is 0.101. The number of hydrogen-bond donors (Lipinski definition) is 2. The van der Waals surface area contributed by atoms with Crippen LogP contribution in [0.1, 0.15) is 36.5 Å². The molecule has 3 nitrogen and oxygen atoms in total. The quantitative estimate of drug-likeness (QED) is 0.785. The van der Waals surface area contributed by atoms with Crippen molar-refractivity contribution in [1.82, 2.24) is 5.32 Å². The van der Waals surface area contributed by atoms with Crippen LogP contribution in [0.15, 0.2) is 24.3 Å². The van der Waals surface area contributed by atoms with Crippen LogP contribution >= 0.6 is 0 Å². The molecule has 1 aromatic rings. The molecule has 0 aliphatic carbocycles. The molecule has 1 fully saturated rings. The average Bonchev–Trinajstić information content (AvgIpc) is 2.40. The van der Waals surface area contributed by atoms with E-state index < -0.39 is 0 Å². The number of Topliss-reactive ketones (excluding diaryl/α,β-unsaturated/α-hetero) is 1. The molecule has 0 amide bonds. The highest BCUT2D eigenvalue weighted by molar-refractivity contribution is 5.94. The van der Waals surface area contributed by atoms with Gasteiger partial charge in [-0.1, -0.05) is 12.1 Å². The molecule has 1 saturated heterocycles. The van der Waals surface area contributed by atoms with E-state index >= 15 is 0 Å². The van der Waals surface area contributed by atoms with Gasteiger partial charge in [-0.2, -0.15) is 0 Å². The van der Waals surface area contributed by atoms with Gasteiger partial charge in [0.1, 0.15) is 0 Å². The van der Waals surface area contributed by atoms with Crippen LogP contribution in [0, 0.1) is 5.92 Å². The minimum atomic E-state index is 0.120. The number of benzene rings is 1. The Morgan fingerprint density at radius 3 is 3.11 bits per heavy atom. The van der Waals surface area contributed by atoms with Crippen molar-refractivity contribution < 1.29 is 4.79 Å². The lowest BCUT2D eigenvalue weighted by Crippen LogP contribution is -2.30. The molecule has 0 bridgehead atoms. The molecule has 0 aromatic heterocycles. The summed E-state index contributed by atoms with van der Waals surface area (Å²) in [4.78, 5) is 11.3. The van der Waals surface area contributed by atoms with Gasteiger partial charge < -0.3 is 10.6 Å². The van der Waals surface area contributed by atoms with Crippen LogP contribution in [0.4, 0.5) is 5.69 Å². The maximum Gasteiger partial charge on any atom is 0.159 e. The number of carbonyl (C=O) groups excluding carboxylic acids is 1. The van der Waals surface area contributed by atoms with Gasteiger partial charge in [-0.25, -0.2) is 0 Å². The number of piperidine rings is 1. The van der Waals surface area contributed by atoms with Gasteiger partial charge >= 0.3 is 0 Å². The molecule has 1 unspecified atom stereocenters. The average molecular weight is 246 g/mol. The monoisotopic (exact) mass is 246 g/mol. The highest BCUT2D eigenvalue weighted by Gasteiger charge is 2.12. The standard InChI is InChI=1S/C15H22N2O/c1-12(18)14-5-2-6-15(10-14)17-9-7-13-4-3-8-16-11-13/h2,5-6,10,13,16-17H,3-4,7-9,11H2,1H3. The first-order chi connectivity index (χ1) is 8.75. The summed E-state index contributed by atoms with van der Waals surface area (Å²) in [6.45, 7) is 4.90. The number of ketones is 1. The number of anilines is 1. The number of rotatable bonds is 5. The van der Waals surface area contributed by atoms with E-state index in [0.717, 1.165) is 30.3 Å². The van der Waals surface area contributed by atoms with Crippen LogP contribution in [0.3, 0.4) is 0 Å². The van der Waals surface area contributed by atoms with Crippen molar-refractivity contribution in [2.75, 3.05) is 25.0 Å². The summed E-state index contributed by atoms with van der Waals surface area (Å²) in [5.74, 6) is 0.914. The fraction of sp³-hybridized carbons (Fsp3) is 0.533. The van der Waals surface area contributed by atoms with Crippen molar-refractivity contribution in [1.29, 1.82) is 0 Å². The van der Waals surface area contributed by atoms with Crippen molar-refractivity contribution in [3.8, 4) is 0 Å². The van der Waals surface area contributed by atoms with Gasteiger partial charge in [0, 0.05) is 17.8 Å². The van der Waals surface area contributed by atoms with E-state index in [0.29, 0.717) is 0 Å². The van der Waals surface area contributed by atoms with Gasteiger partial charge in [0.25, 0.3) is 0 Å². The Hall–Kier alpha value is -1.35. The zero-order valence-electron chi connectivity index (χ0n) is 11.0. The first-order valence-electron chi connectivity index (χ1n) is 6.81. The molecule has 18 heavy (non-hydrogen) atoms. The Bertz CT molecular complexity index is 397. The third-order valence-electron chi connectivity index (χ3n) is 3.55. The second kappa shape index (κ2) is 6.55. The summed E-state index contributed by atoms with van der Waals surface area (Å²) in [7, 11) is 0. The molecular weight excluding hydrogens is 224 g/mol. The minimum absolute atomic E-state index is 0.120. The van der Waals surface area contributed by atoms with Crippen molar-refractivity contribution in [3.63, 3.8) is 0 Å². The van der Waals surface area contributed by atoms with E-state index in [-0.39, 0.29) is 5.78 Å². The highest BCUT2D eigenvalue weighted by atomic mass is 16.1. The first-order valence-corrected chi connectivity index (χ1v) is 6.81. The van der Waals surface area contributed by atoms with Gasteiger partial charge in [0.2, 0.25) is 0 Å². The minimum Gasteiger partial charge on any atom is -0.385 e. The molecule has 1 aromatic carbocycles. The van der Waals surface area contributed by atoms with Gasteiger partial charge in [-0.15, -0.1) is 0 Å². The van der Waals surface area contributed by atoms with Crippen LogP contribution < -0.4 is 10.6 Å². The molecule has 0 saturated carbocycles. The van der Waals surface area contributed by atoms with Crippen LogP contribution in [-0.4, -0.2) is 25.4 Å². The fourth-order valence-electron chi connectivity index (χ4n) is 2.44. The summed E-state index contributed by atoms with van der Waals surface area (Å²) in [6.07, 6.45) is 3.82. The second-order valence-corrected chi connectivity index (χ2v) is 5.06. The predicted molar refractivity (Wildman–Crippen MR) is 75.1 cm³/mol. The second-order valence-electron chi connectivity index (χ2n) is 5.06. The van der Waals surface area contributed by atoms with Gasteiger partial charge in [-0.3, -0.25) is 4.79 Å². The highest BCUT2D eigenvalue weighted by Crippen LogP contribution is 2.15. The molecule has 1 atom stereocenters. The lowest BCUT2D eigenvalue weighted by atomic mass is 9.96. The SMILES string of the molecule is CC(=O)c1cccc(NCCC2CCCNC2)c1. The largest absolute Gasteiger partial charge is 0.385 e. The van der Waals surface area contributed by atoms with E-state index in [1.54, 1.807) is 6.92 Å². The molecule has 0 spiro atoms. The Kier molecular flexibility index (Phi) is 4.76. The van der Waals surface area contributed by atoms with Crippen molar-refractivity contribution in [2.45, 2.75) is 26.2 Å². The Morgan fingerprint density at radius 1 is 1.50 bits per heavy atom. The number of nitrogens with one attached hydrogen (secondary N) is 2. The summed E-state index contributed by atoms with van der Waals surface area (Å²) in [5.41, 5.74) is 1.82. The molecule has 1 aliphatic heterocycles. The van der Waals surface area contributed by atoms with Gasteiger partial charge in [0.05, 0.1) is 0 Å². The molecule has 0 radical (unpaired) electrons. The number of hydrogen-bond acceptors (Lipinski definition) is 3. The molecule has 2 rings (SSSR count). The van der Waals surface area contributed by atoms with E-state index in [1.165, 1.54) is 25.8 Å². The predicted octanol–water partition coefficient (Wildman–Crippen LogP) is 2.69. The smallest absolute Gasteiger partial charge is 0.159 e. The number of carbonyl (C=O) groups is 1. The summed E-state index contributed by atoms with van der Waals surface area (Å²) >= 11 is 0.